The fourth-order valence-corrected chi connectivity index (χ4v) is 5.44. The summed E-state index contributed by atoms with van der Waals surface area (Å²) in [5, 5.41) is 9.85. The lowest BCUT2D eigenvalue weighted by molar-refractivity contribution is -0.113. The second kappa shape index (κ2) is 12.0. The highest BCUT2D eigenvalue weighted by Gasteiger charge is 2.27. The molecule has 5 rings (SSSR count). The number of allylic oxidation sites excluding steroid dienone is 2. The van der Waals surface area contributed by atoms with Crippen LogP contribution in [0.4, 0.5) is 0 Å². The van der Waals surface area contributed by atoms with Crippen LogP contribution < -0.4 is 0 Å². The first-order valence-electron chi connectivity index (χ1n) is 14.5. The predicted molar refractivity (Wildman–Crippen MR) is 164 cm³/mol. The van der Waals surface area contributed by atoms with Gasteiger partial charge in [-0.05, 0) is 79.9 Å². The summed E-state index contributed by atoms with van der Waals surface area (Å²) >= 11 is 0. The van der Waals surface area contributed by atoms with Crippen molar-refractivity contribution in [1.82, 2.24) is 19.6 Å². The molecule has 4 aromatic rings. The number of carbonyl (C=O) groups is 1. The maximum Gasteiger partial charge on any atom is 0.185 e. The summed E-state index contributed by atoms with van der Waals surface area (Å²) in [7, 11) is 0. The molecule has 1 aliphatic carbocycles. The van der Waals surface area contributed by atoms with E-state index in [0.717, 1.165) is 70.7 Å². The summed E-state index contributed by atoms with van der Waals surface area (Å²) in [6.45, 7) is 11.1. The quantitative estimate of drug-likeness (QED) is 0.217. The number of nitrogens with zero attached hydrogens (tertiary/aromatic N) is 4. The second-order valence-corrected chi connectivity index (χ2v) is 12.0. The first-order chi connectivity index (χ1) is 19.3. The maximum atomic E-state index is 13.9. The Balaban J connectivity index is 1.52. The minimum Gasteiger partial charge on any atom is -0.289 e. The minimum atomic E-state index is 0.143. The molecular weight excluding hydrogens is 492 g/mol. The fraction of sp³-hybridized carbons (Fsp3) is 0.343. The highest BCUT2D eigenvalue weighted by molar-refractivity contribution is 6.14. The van der Waals surface area contributed by atoms with Gasteiger partial charge in [0.1, 0.15) is 0 Å². The van der Waals surface area contributed by atoms with E-state index < -0.39 is 0 Å². The van der Waals surface area contributed by atoms with E-state index in [2.05, 4.69) is 83.4 Å². The Hall–Kier alpha value is -3.99. The van der Waals surface area contributed by atoms with Crippen LogP contribution in [0.25, 0.3) is 23.5 Å². The molecule has 0 spiro atoms. The maximum absolute atomic E-state index is 13.9. The van der Waals surface area contributed by atoms with E-state index in [1.165, 1.54) is 0 Å². The first-order valence-corrected chi connectivity index (χ1v) is 14.5. The van der Waals surface area contributed by atoms with Crippen LogP contribution in [-0.4, -0.2) is 25.3 Å². The van der Waals surface area contributed by atoms with E-state index in [-0.39, 0.29) is 5.78 Å². The van der Waals surface area contributed by atoms with E-state index in [0.29, 0.717) is 17.8 Å². The van der Waals surface area contributed by atoms with Crippen LogP contribution in [0.15, 0.2) is 84.2 Å². The van der Waals surface area contributed by atoms with Crippen LogP contribution in [0.5, 0.6) is 0 Å². The predicted octanol–water partition coefficient (Wildman–Crippen LogP) is 7.92. The standard InChI is InChI=1S/C35H40N4O/c1-24(2)16-33-29(22-38(36-33)31-12-8-6-9-13-31)20-27-18-26(5)19-28(35(27)40)21-30-23-39(32-14-10-7-11-15-32)37-34(30)17-25(3)4/h6-15,20-26H,16-19H2,1-5H3/b27-20+,28-21+. The van der Waals surface area contributed by atoms with Gasteiger partial charge >= 0.3 is 0 Å². The van der Waals surface area contributed by atoms with Crippen LogP contribution in [0.3, 0.4) is 0 Å². The van der Waals surface area contributed by atoms with Crippen LogP contribution in [0.2, 0.25) is 0 Å². The van der Waals surface area contributed by atoms with Crippen LogP contribution in [-0.2, 0) is 17.6 Å². The molecule has 0 unspecified atom stereocenters. The van der Waals surface area contributed by atoms with Crippen molar-refractivity contribution in [3.63, 3.8) is 0 Å². The van der Waals surface area contributed by atoms with Gasteiger partial charge in [-0.15, -0.1) is 0 Å². The lowest BCUT2D eigenvalue weighted by atomic mass is 9.80. The van der Waals surface area contributed by atoms with Gasteiger partial charge in [-0.1, -0.05) is 71.0 Å². The summed E-state index contributed by atoms with van der Waals surface area (Å²) in [6.07, 6.45) is 11.6. The van der Waals surface area contributed by atoms with Crippen LogP contribution >= 0.6 is 0 Å². The molecule has 5 nitrogen and oxygen atoms in total. The van der Waals surface area contributed by atoms with Crippen molar-refractivity contribution in [1.29, 1.82) is 0 Å². The van der Waals surface area contributed by atoms with Gasteiger partial charge in [0.25, 0.3) is 0 Å². The summed E-state index contributed by atoms with van der Waals surface area (Å²) in [5.41, 5.74) is 7.91. The van der Waals surface area contributed by atoms with E-state index >= 15 is 0 Å². The van der Waals surface area contributed by atoms with Gasteiger partial charge in [-0.25, -0.2) is 9.36 Å². The van der Waals surface area contributed by atoms with Gasteiger partial charge in [0.05, 0.1) is 22.8 Å². The molecule has 2 aromatic heterocycles. The Morgan fingerprint density at radius 3 is 1.50 bits per heavy atom. The third-order valence-corrected chi connectivity index (χ3v) is 7.27. The first kappa shape index (κ1) is 27.6. The Morgan fingerprint density at radius 2 is 1.12 bits per heavy atom. The molecule has 2 heterocycles. The number of hydrogen-bond acceptors (Lipinski definition) is 3. The largest absolute Gasteiger partial charge is 0.289 e. The molecule has 2 aromatic carbocycles. The lowest BCUT2D eigenvalue weighted by Gasteiger charge is -2.22. The Bertz CT molecular complexity index is 1410. The van der Waals surface area contributed by atoms with E-state index in [1.807, 2.05) is 45.8 Å². The number of benzene rings is 2. The number of carbonyl (C=O) groups excluding carboxylic acids is 1. The van der Waals surface area contributed by atoms with Gasteiger partial charge in [0.2, 0.25) is 0 Å². The second-order valence-electron chi connectivity index (χ2n) is 12.0. The highest BCUT2D eigenvalue weighted by Crippen LogP contribution is 2.33. The van der Waals surface area contributed by atoms with Crippen molar-refractivity contribution in [2.75, 3.05) is 0 Å². The van der Waals surface area contributed by atoms with Crippen molar-refractivity contribution in [2.45, 2.75) is 60.3 Å². The zero-order chi connectivity index (χ0) is 28.2. The average Bonchev–Trinajstić information content (AvgIpc) is 3.50. The van der Waals surface area contributed by atoms with Crippen LogP contribution in [0.1, 0.15) is 70.0 Å². The molecular formula is C35H40N4O. The summed E-state index contributed by atoms with van der Waals surface area (Å²) in [4.78, 5) is 13.9. The molecule has 206 valence electrons. The normalized spacial score (nSPS) is 18.0. The monoisotopic (exact) mass is 532 g/mol. The van der Waals surface area contributed by atoms with Gasteiger partial charge in [-0.3, -0.25) is 4.79 Å². The molecule has 0 amide bonds. The molecule has 0 N–H and O–H groups in total. The molecule has 0 atom stereocenters. The van der Waals surface area contributed by atoms with Crippen molar-refractivity contribution < 1.29 is 4.79 Å². The van der Waals surface area contributed by atoms with Gasteiger partial charge in [0, 0.05) is 34.7 Å². The molecule has 1 fully saturated rings. The zero-order valence-electron chi connectivity index (χ0n) is 24.3. The molecule has 0 saturated heterocycles. The third kappa shape index (κ3) is 6.41. The fourth-order valence-electron chi connectivity index (χ4n) is 5.44. The number of para-hydroxylation sites is 2. The van der Waals surface area contributed by atoms with E-state index in [4.69, 9.17) is 10.2 Å². The van der Waals surface area contributed by atoms with Crippen molar-refractivity contribution in [2.24, 2.45) is 17.8 Å². The van der Waals surface area contributed by atoms with Gasteiger partial charge in [0.15, 0.2) is 5.78 Å². The number of rotatable bonds is 8. The van der Waals surface area contributed by atoms with Crippen molar-refractivity contribution >= 4 is 17.9 Å². The summed E-state index contributed by atoms with van der Waals surface area (Å²) < 4.78 is 3.88. The number of ketones is 1. The Morgan fingerprint density at radius 1 is 0.725 bits per heavy atom. The minimum absolute atomic E-state index is 0.143. The smallest absolute Gasteiger partial charge is 0.185 e. The Kier molecular flexibility index (Phi) is 8.29. The molecule has 1 saturated carbocycles. The topological polar surface area (TPSA) is 52.7 Å². The molecule has 1 aliphatic rings. The number of hydrogen-bond donors (Lipinski definition) is 0. The number of Topliss-reactive ketones (excluding diaryl/α,β-unsaturated/α-hetero) is 1. The molecule has 0 radical (unpaired) electrons. The summed E-state index contributed by atoms with van der Waals surface area (Å²) in [6, 6.07) is 20.3. The van der Waals surface area contributed by atoms with E-state index in [9.17, 15) is 4.79 Å². The zero-order valence-corrected chi connectivity index (χ0v) is 24.3. The van der Waals surface area contributed by atoms with Crippen LogP contribution in [0, 0.1) is 17.8 Å². The average molecular weight is 533 g/mol. The van der Waals surface area contributed by atoms with Gasteiger partial charge < -0.3 is 0 Å². The van der Waals surface area contributed by atoms with Crippen molar-refractivity contribution in [3.05, 3.63) is 107 Å². The third-order valence-electron chi connectivity index (χ3n) is 7.27. The molecule has 40 heavy (non-hydrogen) atoms. The Labute approximate surface area is 238 Å². The van der Waals surface area contributed by atoms with Crippen molar-refractivity contribution in [3.8, 4) is 11.4 Å². The molecule has 0 bridgehead atoms. The van der Waals surface area contributed by atoms with Gasteiger partial charge in [-0.2, -0.15) is 10.2 Å². The van der Waals surface area contributed by atoms with E-state index in [1.54, 1.807) is 0 Å². The highest BCUT2D eigenvalue weighted by atomic mass is 16.1. The molecule has 0 aliphatic heterocycles. The number of aromatic nitrogens is 4. The SMILES string of the molecule is CC(C)Cc1nn(-c2ccccc2)cc1/C=C1\CC(C)C/C(=C\c2cn(-c3ccccc3)nc2CC(C)C)C1=O. The summed E-state index contributed by atoms with van der Waals surface area (Å²) in [5.74, 6) is 1.45. The molecule has 5 heteroatoms. The lowest BCUT2D eigenvalue weighted by Crippen LogP contribution is -2.18.